The van der Waals surface area contributed by atoms with Gasteiger partial charge in [0.05, 0.1) is 31.8 Å². The zero-order valence-corrected chi connectivity index (χ0v) is 16.4. The van der Waals surface area contributed by atoms with Crippen LogP contribution in [0.3, 0.4) is 0 Å². The van der Waals surface area contributed by atoms with Crippen LogP contribution >= 0.6 is 0 Å². The number of rotatable bonds is 6. The van der Waals surface area contributed by atoms with Crippen molar-refractivity contribution in [1.29, 1.82) is 0 Å². The SMILES string of the molecule is COc1ccc(C)cc1NC(=O)[C@@H](c1ccccc1)[NH+]1CCC[C@H](C(N)=O)C1. The number of nitrogens with one attached hydrogen (secondary N) is 2. The van der Waals surface area contributed by atoms with Crippen LogP contribution in [0.4, 0.5) is 5.69 Å². The van der Waals surface area contributed by atoms with Crippen molar-refractivity contribution in [2.45, 2.75) is 25.8 Å². The van der Waals surface area contributed by atoms with Crippen LogP contribution < -0.4 is 20.7 Å². The number of aryl methyl sites for hydroxylation is 1. The molecule has 0 spiro atoms. The highest BCUT2D eigenvalue weighted by Gasteiger charge is 2.37. The lowest BCUT2D eigenvalue weighted by atomic mass is 9.94. The first-order valence-electron chi connectivity index (χ1n) is 9.64. The van der Waals surface area contributed by atoms with Crippen LogP contribution in [0.15, 0.2) is 48.5 Å². The van der Waals surface area contributed by atoms with Gasteiger partial charge in [0.2, 0.25) is 5.91 Å². The molecule has 1 heterocycles. The lowest BCUT2D eigenvalue weighted by Crippen LogP contribution is -3.15. The van der Waals surface area contributed by atoms with Gasteiger partial charge in [-0.2, -0.15) is 0 Å². The second-order valence-electron chi connectivity index (χ2n) is 7.39. The van der Waals surface area contributed by atoms with E-state index in [-0.39, 0.29) is 17.7 Å². The van der Waals surface area contributed by atoms with E-state index >= 15 is 0 Å². The maximum absolute atomic E-state index is 13.4. The monoisotopic (exact) mass is 382 g/mol. The Labute approximate surface area is 165 Å². The number of methoxy groups -OCH3 is 1. The van der Waals surface area contributed by atoms with Crippen molar-refractivity contribution in [1.82, 2.24) is 0 Å². The normalized spacial score (nSPS) is 20.2. The molecule has 0 bridgehead atoms. The van der Waals surface area contributed by atoms with Gasteiger partial charge in [-0.25, -0.2) is 0 Å². The van der Waals surface area contributed by atoms with E-state index in [0.29, 0.717) is 18.0 Å². The van der Waals surface area contributed by atoms with E-state index in [0.717, 1.165) is 35.4 Å². The third-order valence-corrected chi connectivity index (χ3v) is 5.38. The van der Waals surface area contributed by atoms with Crippen molar-refractivity contribution >= 4 is 17.5 Å². The maximum atomic E-state index is 13.4. The summed E-state index contributed by atoms with van der Waals surface area (Å²) in [6, 6.07) is 15.0. The van der Waals surface area contributed by atoms with Gasteiger partial charge < -0.3 is 20.7 Å². The molecule has 28 heavy (non-hydrogen) atoms. The summed E-state index contributed by atoms with van der Waals surface area (Å²) in [5.41, 5.74) is 8.16. The Hall–Kier alpha value is -2.86. The molecular formula is C22H28N3O3+. The number of carbonyl (C=O) groups excluding carboxylic acids is 2. The van der Waals surface area contributed by atoms with E-state index in [1.807, 2.05) is 55.5 Å². The molecule has 1 aliphatic rings. The number of hydrogen-bond acceptors (Lipinski definition) is 3. The van der Waals surface area contributed by atoms with Gasteiger partial charge in [0, 0.05) is 5.56 Å². The summed E-state index contributed by atoms with van der Waals surface area (Å²) in [6.07, 6.45) is 1.65. The molecule has 0 aromatic heterocycles. The lowest BCUT2D eigenvalue weighted by molar-refractivity contribution is -0.928. The van der Waals surface area contributed by atoms with Gasteiger partial charge in [0.15, 0.2) is 6.04 Å². The third-order valence-electron chi connectivity index (χ3n) is 5.38. The van der Waals surface area contributed by atoms with Crippen molar-refractivity contribution in [3.05, 3.63) is 59.7 Å². The summed E-state index contributed by atoms with van der Waals surface area (Å²) < 4.78 is 5.40. The molecule has 6 heteroatoms. The average molecular weight is 382 g/mol. The standard InChI is InChI=1S/C22H27N3O3/c1-15-10-11-19(28-2)18(13-15)24-22(27)20(16-7-4-3-5-8-16)25-12-6-9-17(14-25)21(23)26/h3-5,7-8,10-11,13,17,20H,6,9,12,14H2,1-2H3,(H2,23,26)(H,24,27)/p+1/t17-,20+/m0/s1. The molecule has 2 amide bonds. The molecule has 6 nitrogen and oxygen atoms in total. The highest BCUT2D eigenvalue weighted by molar-refractivity contribution is 5.96. The van der Waals surface area contributed by atoms with E-state index in [1.165, 1.54) is 0 Å². The molecule has 3 atom stereocenters. The number of hydrogen-bond donors (Lipinski definition) is 3. The van der Waals surface area contributed by atoms with Gasteiger partial charge in [0.1, 0.15) is 5.75 Å². The minimum atomic E-state index is -0.423. The minimum Gasteiger partial charge on any atom is -0.495 e. The maximum Gasteiger partial charge on any atom is 0.287 e. The van der Waals surface area contributed by atoms with E-state index in [2.05, 4.69) is 5.32 Å². The number of primary amides is 1. The van der Waals surface area contributed by atoms with Crippen LogP contribution in [0.5, 0.6) is 5.75 Å². The zero-order valence-electron chi connectivity index (χ0n) is 16.4. The van der Waals surface area contributed by atoms with E-state index in [9.17, 15) is 9.59 Å². The summed E-state index contributed by atoms with van der Waals surface area (Å²) in [5, 5.41) is 3.04. The van der Waals surface area contributed by atoms with Gasteiger partial charge in [-0.05, 0) is 37.5 Å². The average Bonchev–Trinajstić information content (AvgIpc) is 2.69. The van der Waals surface area contributed by atoms with Crippen LogP contribution in [0, 0.1) is 12.8 Å². The van der Waals surface area contributed by atoms with Crippen molar-refractivity contribution in [2.75, 3.05) is 25.5 Å². The second kappa shape index (κ2) is 8.89. The van der Waals surface area contributed by atoms with Crippen molar-refractivity contribution in [3.8, 4) is 5.75 Å². The van der Waals surface area contributed by atoms with Crippen LogP contribution in [-0.2, 0) is 9.59 Å². The number of nitrogens with two attached hydrogens (primary N) is 1. The predicted octanol–water partition coefficient (Wildman–Crippen LogP) is 1.46. The van der Waals surface area contributed by atoms with Gasteiger partial charge in [-0.3, -0.25) is 9.59 Å². The Morgan fingerprint density at radius 3 is 2.64 bits per heavy atom. The summed E-state index contributed by atoms with van der Waals surface area (Å²) in [4.78, 5) is 26.2. The van der Waals surface area contributed by atoms with Crippen molar-refractivity contribution < 1.29 is 19.2 Å². The number of likely N-dealkylation sites (tertiary alicyclic amines) is 1. The van der Waals surface area contributed by atoms with Gasteiger partial charge in [-0.15, -0.1) is 0 Å². The number of amides is 2. The number of piperidine rings is 1. The summed E-state index contributed by atoms with van der Waals surface area (Å²) in [7, 11) is 1.59. The first kappa shape index (κ1) is 19.9. The van der Waals surface area contributed by atoms with Gasteiger partial charge in [-0.1, -0.05) is 36.4 Å². The molecule has 1 fully saturated rings. The minimum absolute atomic E-state index is 0.116. The fourth-order valence-electron chi connectivity index (χ4n) is 3.94. The Balaban J connectivity index is 1.90. The van der Waals surface area contributed by atoms with Crippen LogP contribution in [-0.4, -0.2) is 32.0 Å². The molecule has 148 valence electrons. The Morgan fingerprint density at radius 2 is 1.96 bits per heavy atom. The molecule has 1 unspecified atom stereocenters. The quantitative estimate of drug-likeness (QED) is 0.707. The van der Waals surface area contributed by atoms with Crippen LogP contribution in [0.25, 0.3) is 0 Å². The molecule has 4 N–H and O–H groups in total. The smallest absolute Gasteiger partial charge is 0.287 e. The molecule has 1 saturated heterocycles. The Kier molecular flexibility index (Phi) is 6.31. The summed E-state index contributed by atoms with van der Waals surface area (Å²) in [6.45, 7) is 3.35. The Bertz CT molecular complexity index is 838. The number of benzene rings is 2. The van der Waals surface area contributed by atoms with Crippen LogP contribution in [0.2, 0.25) is 0 Å². The number of ether oxygens (including phenoxy) is 1. The summed E-state index contributed by atoms with van der Waals surface area (Å²) >= 11 is 0. The molecule has 0 saturated carbocycles. The van der Waals surface area contributed by atoms with E-state index in [1.54, 1.807) is 7.11 Å². The predicted molar refractivity (Wildman–Crippen MR) is 108 cm³/mol. The molecular weight excluding hydrogens is 354 g/mol. The largest absolute Gasteiger partial charge is 0.495 e. The Morgan fingerprint density at radius 1 is 1.21 bits per heavy atom. The lowest BCUT2D eigenvalue weighted by Gasteiger charge is -2.33. The molecule has 0 aliphatic carbocycles. The topological polar surface area (TPSA) is 85.9 Å². The number of carbonyl (C=O) groups is 2. The van der Waals surface area contributed by atoms with Gasteiger partial charge in [0.25, 0.3) is 5.91 Å². The first-order chi connectivity index (χ1) is 13.5. The molecule has 0 radical (unpaired) electrons. The molecule has 2 aromatic carbocycles. The van der Waals surface area contributed by atoms with Crippen molar-refractivity contribution in [2.24, 2.45) is 11.7 Å². The molecule has 2 aromatic rings. The van der Waals surface area contributed by atoms with Crippen molar-refractivity contribution in [3.63, 3.8) is 0 Å². The van der Waals surface area contributed by atoms with E-state index in [4.69, 9.17) is 10.5 Å². The summed E-state index contributed by atoms with van der Waals surface area (Å²) in [5.74, 6) is 0.0191. The number of quaternary nitrogens is 1. The first-order valence-corrected chi connectivity index (χ1v) is 9.64. The number of anilines is 1. The fraction of sp³-hybridized carbons (Fsp3) is 0.364. The molecule has 1 aliphatic heterocycles. The second-order valence-corrected chi connectivity index (χ2v) is 7.39. The highest BCUT2D eigenvalue weighted by Crippen LogP contribution is 2.26. The van der Waals surface area contributed by atoms with Crippen LogP contribution in [0.1, 0.15) is 30.0 Å². The third kappa shape index (κ3) is 4.51. The highest BCUT2D eigenvalue weighted by atomic mass is 16.5. The fourth-order valence-corrected chi connectivity index (χ4v) is 3.94. The zero-order chi connectivity index (χ0) is 20.1. The molecule has 3 rings (SSSR count). The van der Waals surface area contributed by atoms with E-state index < -0.39 is 6.04 Å². The van der Waals surface area contributed by atoms with Gasteiger partial charge >= 0.3 is 0 Å².